The van der Waals surface area contributed by atoms with Gasteiger partial charge in [0.25, 0.3) is 0 Å². The monoisotopic (exact) mass is 464 g/mol. The number of halogens is 1. The van der Waals surface area contributed by atoms with Gasteiger partial charge in [0.05, 0.1) is 6.42 Å². The first-order valence-electron chi connectivity index (χ1n) is 10.8. The highest BCUT2D eigenvalue weighted by atomic mass is 35.5. The molecule has 0 aliphatic heterocycles. The second kappa shape index (κ2) is 10.5. The molecule has 0 aliphatic carbocycles. The quantitative estimate of drug-likeness (QED) is 0.405. The number of phenolic OH excluding ortho intramolecular Hbond substituents is 1. The number of carbonyl (C=O) groups excluding carboxylic acids is 2. The van der Waals surface area contributed by atoms with E-state index in [9.17, 15) is 14.7 Å². The Kier molecular flexibility index (Phi) is 7.77. The molecule has 33 heavy (non-hydrogen) atoms. The Morgan fingerprint density at radius 2 is 1.58 bits per heavy atom. The Hall–Kier alpha value is -3.31. The number of rotatable bonds is 9. The molecule has 3 aromatic carbocycles. The minimum absolute atomic E-state index is 0.0752. The third-order valence-corrected chi connectivity index (χ3v) is 6.37. The van der Waals surface area contributed by atoms with Crippen LogP contribution in [0.1, 0.15) is 30.5 Å². The highest BCUT2D eigenvalue weighted by Crippen LogP contribution is 2.30. The first-order chi connectivity index (χ1) is 15.6. The van der Waals surface area contributed by atoms with Crippen molar-refractivity contribution in [1.82, 2.24) is 5.32 Å². The van der Waals surface area contributed by atoms with E-state index in [-0.39, 0.29) is 18.1 Å². The normalized spacial score (nSPS) is 12.2. The standard InChI is InChI=1S/C27H29ClN2O3/c1-27(2,25(28)26(29)33)16-19-6-3-5-18(13-19)15-24(32)30-17-20-7-4-8-22(14-20)21-9-11-23(31)12-10-21/h3-14,25,31H,15-17H2,1-2H3,(H2,29,33)(H,30,32). The van der Waals surface area contributed by atoms with Crippen molar-refractivity contribution in [2.75, 3.05) is 0 Å². The summed E-state index contributed by atoms with van der Waals surface area (Å²) >= 11 is 6.19. The largest absolute Gasteiger partial charge is 0.508 e. The van der Waals surface area contributed by atoms with E-state index in [0.29, 0.717) is 13.0 Å². The Labute approximate surface area is 199 Å². The zero-order valence-corrected chi connectivity index (χ0v) is 19.6. The fraction of sp³-hybridized carbons (Fsp3) is 0.259. The molecular formula is C27H29ClN2O3. The van der Waals surface area contributed by atoms with Crippen LogP contribution in [0.2, 0.25) is 0 Å². The number of nitrogens with one attached hydrogen (secondary N) is 1. The number of nitrogens with two attached hydrogens (primary N) is 1. The number of hydrogen-bond acceptors (Lipinski definition) is 3. The van der Waals surface area contributed by atoms with Crippen molar-refractivity contribution in [3.8, 4) is 16.9 Å². The van der Waals surface area contributed by atoms with Gasteiger partial charge in [-0.15, -0.1) is 11.6 Å². The Morgan fingerprint density at radius 1 is 0.939 bits per heavy atom. The van der Waals surface area contributed by atoms with Crippen molar-refractivity contribution in [1.29, 1.82) is 0 Å². The summed E-state index contributed by atoms with van der Waals surface area (Å²) in [7, 11) is 0. The third kappa shape index (κ3) is 6.83. The number of carbonyl (C=O) groups is 2. The van der Waals surface area contributed by atoms with Crippen LogP contribution < -0.4 is 11.1 Å². The highest BCUT2D eigenvalue weighted by molar-refractivity contribution is 6.31. The molecule has 0 saturated carbocycles. The van der Waals surface area contributed by atoms with Crippen LogP contribution in [0.25, 0.3) is 11.1 Å². The van der Waals surface area contributed by atoms with Crippen LogP contribution in [0.4, 0.5) is 0 Å². The van der Waals surface area contributed by atoms with E-state index in [0.717, 1.165) is 27.8 Å². The van der Waals surface area contributed by atoms with Gasteiger partial charge < -0.3 is 16.2 Å². The van der Waals surface area contributed by atoms with Crippen molar-refractivity contribution in [2.45, 2.75) is 38.6 Å². The summed E-state index contributed by atoms with van der Waals surface area (Å²) in [6.07, 6.45) is 0.829. The molecule has 0 bridgehead atoms. The summed E-state index contributed by atoms with van der Waals surface area (Å²) in [5.74, 6) is -0.384. The SMILES string of the molecule is CC(C)(Cc1cccc(CC(=O)NCc2cccc(-c3ccc(O)cc3)c2)c1)C(Cl)C(N)=O. The zero-order chi connectivity index (χ0) is 24.0. The maximum atomic E-state index is 12.6. The van der Waals surface area contributed by atoms with E-state index in [4.69, 9.17) is 17.3 Å². The molecule has 0 radical (unpaired) electrons. The second-order valence-corrected chi connectivity index (χ2v) is 9.39. The predicted octanol–water partition coefficient (Wildman–Crippen LogP) is 4.58. The smallest absolute Gasteiger partial charge is 0.236 e. The minimum Gasteiger partial charge on any atom is -0.508 e. The van der Waals surface area contributed by atoms with Crippen LogP contribution >= 0.6 is 11.6 Å². The van der Waals surface area contributed by atoms with Gasteiger partial charge in [0.15, 0.2) is 0 Å². The van der Waals surface area contributed by atoms with Gasteiger partial charge in [-0.2, -0.15) is 0 Å². The molecule has 4 N–H and O–H groups in total. The number of alkyl halides is 1. The summed E-state index contributed by atoms with van der Waals surface area (Å²) < 4.78 is 0. The summed E-state index contributed by atoms with van der Waals surface area (Å²) in [4.78, 5) is 24.0. The predicted molar refractivity (Wildman–Crippen MR) is 132 cm³/mol. The summed E-state index contributed by atoms with van der Waals surface area (Å²) in [6.45, 7) is 4.23. The van der Waals surface area contributed by atoms with E-state index in [1.165, 1.54) is 0 Å². The van der Waals surface area contributed by atoms with Crippen LogP contribution in [-0.2, 0) is 29.0 Å². The molecule has 6 heteroatoms. The first kappa shape index (κ1) is 24.3. The van der Waals surface area contributed by atoms with Gasteiger partial charge in [-0.3, -0.25) is 9.59 Å². The maximum Gasteiger partial charge on any atom is 0.236 e. The second-order valence-electron chi connectivity index (χ2n) is 8.95. The van der Waals surface area contributed by atoms with Crippen LogP contribution in [0.15, 0.2) is 72.8 Å². The third-order valence-electron chi connectivity index (χ3n) is 5.57. The van der Waals surface area contributed by atoms with Crippen LogP contribution in [0.3, 0.4) is 0 Å². The summed E-state index contributed by atoms with van der Waals surface area (Å²) in [6, 6.07) is 22.7. The van der Waals surface area contributed by atoms with E-state index in [1.807, 2.05) is 74.5 Å². The summed E-state index contributed by atoms with van der Waals surface area (Å²) in [5.41, 5.74) is 9.76. The van der Waals surface area contributed by atoms with Gasteiger partial charge in [0.1, 0.15) is 11.1 Å². The van der Waals surface area contributed by atoms with Crippen LogP contribution in [0.5, 0.6) is 5.75 Å². The fourth-order valence-corrected chi connectivity index (χ4v) is 3.89. The van der Waals surface area contributed by atoms with E-state index in [2.05, 4.69) is 5.32 Å². The molecule has 5 nitrogen and oxygen atoms in total. The highest BCUT2D eigenvalue weighted by Gasteiger charge is 2.32. The van der Waals surface area contributed by atoms with Crippen molar-refractivity contribution in [3.05, 3.63) is 89.5 Å². The first-order valence-corrected chi connectivity index (χ1v) is 11.2. The zero-order valence-electron chi connectivity index (χ0n) is 18.8. The van der Waals surface area contributed by atoms with Gasteiger partial charge in [0.2, 0.25) is 11.8 Å². The number of hydrogen-bond donors (Lipinski definition) is 3. The molecule has 3 aromatic rings. The topological polar surface area (TPSA) is 92.4 Å². The molecular weight excluding hydrogens is 436 g/mol. The van der Waals surface area contributed by atoms with Crippen molar-refractivity contribution in [3.63, 3.8) is 0 Å². The number of phenols is 1. The Bertz CT molecular complexity index is 1130. The lowest BCUT2D eigenvalue weighted by molar-refractivity contribution is -0.121. The molecule has 1 unspecified atom stereocenters. The van der Waals surface area contributed by atoms with Gasteiger partial charge in [-0.05, 0) is 57.9 Å². The van der Waals surface area contributed by atoms with E-state index < -0.39 is 16.7 Å². The molecule has 0 heterocycles. The maximum absolute atomic E-state index is 12.6. The van der Waals surface area contributed by atoms with Gasteiger partial charge in [0, 0.05) is 6.54 Å². The lowest BCUT2D eigenvalue weighted by atomic mass is 9.81. The average Bonchev–Trinajstić information content (AvgIpc) is 2.77. The molecule has 1 atom stereocenters. The van der Waals surface area contributed by atoms with Crippen molar-refractivity contribution < 1.29 is 14.7 Å². The molecule has 0 fully saturated rings. The molecule has 0 saturated heterocycles. The van der Waals surface area contributed by atoms with Crippen LogP contribution in [-0.4, -0.2) is 22.3 Å². The van der Waals surface area contributed by atoms with Crippen LogP contribution in [0, 0.1) is 5.41 Å². The Balaban J connectivity index is 1.59. The molecule has 0 aliphatic rings. The lowest BCUT2D eigenvalue weighted by Crippen LogP contribution is -2.38. The molecule has 0 spiro atoms. The summed E-state index contributed by atoms with van der Waals surface area (Å²) in [5, 5.41) is 11.7. The lowest BCUT2D eigenvalue weighted by Gasteiger charge is -2.28. The minimum atomic E-state index is -0.776. The van der Waals surface area contributed by atoms with E-state index >= 15 is 0 Å². The van der Waals surface area contributed by atoms with E-state index in [1.54, 1.807) is 12.1 Å². The van der Waals surface area contributed by atoms with Gasteiger partial charge >= 0.3 is 0 Å². The van der Waals surface area contributed by atoms with Crippen molar-refractivity contribution in [2.24, 2.45) is 11.1 Å². The van der Waals surface area contributed by atoms with Gasteiger partial charge in [-0.1, -0.05) is 68.4 Å². The average molecular weight is 465 g/mol. The fourth-order valence-electron chi connectivity index (χ4n) is 3.81. The van der Waals surface area contributed by atoms with Crippen molar-refractivity contribution >= 4 is 23.4 Å². The number of benzene rings is 3. The molecule has 2 amide bonds. The molecule has 3 rings (SSSR count). The molecule has 172 valence electrons. The number of aromatic hydroxyl groups is 1. The molecule has 0 aromatic heterocycles. The van der Waals surface area contributed by atoms with Gasteiger partial charge in [-0.25, -0.2) is 0 Å². The number of primary amides is 1. The Morgan fingerprint density at radius 3 is 2.27 bits per heavy atom. The number of amides is 2.